The number of hydrogen-bond donors (Lipinski definition) is 2. The van der Waals surface area contributed by atoms with Crippen LogP contribution in [-0.2, 0) is 14.6 Å². The van der Waals surface area contributed by atoms with Gasteiger partial charge >= 0.3 is 0 Å². The van der Waals surface area contributed by atoms with Gasteiger partial charge in [-0.15, -0.1) is 0 Å². The first-order valence-corrected chi connectivity index (χ1v) is 7.31. The van der Waals surface area contributed by atoms with E-state index in [1.165, 1.54) is 0 Å². The summed E-state index contributed by atoms with van der Waals surface area (Å²) in [5.74, 6) is -0.680. The Morgan fingerprint density at radius 1 is 1.25 bits per heavy atom. The van der Waals surface area contributed by atoms with Crippen molar-refractivity contribution in [1.82, 2.24) is 10.6 Å². The molecule has 96 valence electrons. The number of hydrogen-bond acceptors (Lipinski definition) is 4. The summed E-state index contributed by atoms with van der Waals surface area (Å²) in [4.78, 5) is 11.3. The van der Waals surface area contributed by atoms with Gasteiger partial charge in [0.15, 0.2) is 9.84 Å². The minimum absolute atomic E-state index is 0.0575. The molecule has 0 aromatic carbocycles. The molecular formula is C10H22N2O3S. The molecule has 0 heterocycles. The number of sulfone groups is 1. The molecule has 0 saturated carbocycles. The zero-order valence-electron chi connectivity index (χ0n) is 10.2. The molecule has 16 heavy (non-hydrogen) atoms. The Hall–Kier alpha value is -0.620. The van der Waals surface area contributed by atoms with Crippen molar-refractivity contribution in [3.63, 3.8) is 0 Å². The van der Waals surface area contributed by atoms with Gasteiger partial charge in [0.1, 0.15) is 5.75 Å². The van der Waals surface area contributed by atoms with Crippen LogP contribution in [0.5, 0.6) is 0 Å². The average Bonchev–Trinajstić information content (AvgIpc) is 2.09. The molecule has 0 aromatic heterocycles. The van der Waals surface area contributed by atoms with E-state index in [0.29, 0.717) is 6.54 Å². The molecule has 0 aliphatic heterocycles. The second-order valence-corrected chi connectivity index (χ2v) is 6.36. The van der Waals surface area contributed by atoms with E-state index in [1.54, 1.807) is 0 Å². The van der Waals surface area contributed by atoms with Crippen LogP contribution in [0.1, 0.15) is 20.3 Å². The lowest BCUT2D eigenvalue weighted by atomic mass is 10.3. The molecule has 0 aromatic rings. The lowest BCUT2D eigenvalue weighted by molar-refractivity contribution is -0.118. The molecule has 0 unspecified atom stereocenters. The Morgan fingerprint density at radius 3 is 2.38 bits per heavy atom. The molecule has 0 fully saturated rings. The molecule has 0 saturated heterocycles. The molecular weight excluding hydrogens is 228 g/mol. The third-order valence-electron chi connectivity index (χ3n) is 1.86. The van der Waals surface area contributed by atoms with Crippen LogP contribution in [0.2, 0.25) is 0 Å². The highest BCUT2D eigenvalue weighted by atomic mass is 32.2. The monoisotopic (exact) mass is 250 g/mol. The summed E-state index contributed by atoms with van der Waals surface area (Å²) in [5.41, 5.74) is 0. The van der Waals surface area contributed by atoms with Crippen molar-refractivity contribution in [3.8, 4) is 0 Å². The first-order chi connectivity index (χ1) is 7.37. The fourth-order valence-electron chi connectivity index (χ4n) is 1.31. The fraction of sp³-hybridized carbons (Fsp3) is 0.900. The number of carbonyl (C=O) groups excluding carboxylic acids is 1. The SMILES string of the molecule is CNCCCNC(=O)CS(=O)(=O)CC(C)C. The zero-order valence-corrected chi connectivity index (χ0v) is 11.1. The van der Waals surface area contributed by atoms with Crippen molar-refractivity contribution in [2.24, 2.45) is 5.92 Å². The molecule has 6 heteroatoms. The maximum Gasteiger partial charge on any atom is 0.235 e. The molecule has 0 rings (SSSR count). The van der Waals surface area contributed by atoms with E-state index in [1.807, 2.05) is 20.9 Å². The van der Waals surface area contributed by atoms with Crippen LogP contribution in [0.3, 0.4) is 0 Å². The summed E-state index contributed by atoms with van der Waals surface area (Å²) in [6.07, 6.45) is 0.798. The molecule has 0 aliphatic rings. The van der Waals surface area contributed by atoms with E-state index >= 15 is 0 Å². The first kappa shape index (κ1) is 15.4. The van der Waals surface area contributed by atoms with Gasteiger partial charge in [-0.3, -0.25) is 4.79 Å². The molecule has 0 aliphatic carbocycles. The molecule has 2 N–H and O–H groups in total. The van der Waals surface area contributed by atoms with E-state index in [4.69, 9.17) is 0 Å². The largest absolute Gasteiger partial charge is 0.355 e. The standard InChI is InChI=1S/C10H22N2O3S/c1-9(2)7-16(14,15)8-10(13)12-6-4-5-11-3/h9,11H,4-8H2,1-3H3,(H,12,13). The first-order valence-electron chi connectivity index (χ1n) is 5.49. The zero-order chi connectivity index (χ0) is 12.6. The van der Waals surface area contributed by atoms with Crippen LogP contribution in [-0.4, -0.2) is 46.0 Å². The Bertz CT molecular complexity index is 299. The Balaban J connectivity index is 3.86. The summed E-state index contributed by atoms with van der Waals surface area (Å²) in [7, 11) is -1.42. The number of amides is 1. The van der Waals surface area contributed by atoms with Crippen LogP contribution >= 0.6 is 0 Å². The Labute approximate surface area is 97.9 Å². The third kappa shape index (κ3) is 8.67. The van der Waals surface area contributed by atoms with E-state index in [2.05, 4.69) is 10.6 Å². The van der Waals surface area contributed by atoms with E-state index in [0.717, 1.165) is 13.0 Å². The smallest absolute Gasteiger partial charge is 0.235 e. The number of carbonyl (C=O) groups is 1. The Morgan fingerprint density at radius 2 is 1.88 bits per heavy atom. The predicted molar refractivity (Wildman–Crippen MR) is 65.0 cm³/mol. The average molecular weight is 250 g/mol. The fourth-order valence-corrected chi connectivity index (χ4v) is 2.95. The van der Waals surface area contributed by atoms with E-state index in [9.17, 15) is 13.2 Å². The summed E-state index contributed by atoms with van der Waals surface area (Å²) < 4.78 is 22.9. The highest BCUT2D eigenvalue weighted by Crippen LogP contribution is 2.00. The van der Waals surface area contributed by atoms with Gasteiger partial charge < -0.3 is 10.6 Å². The number of nitrogens with one attached hydrogen (secondary N) is 2. The summed E-state index contributed by atoms with van der Waals surface area (Å²) in [6, 6.07) is 0. The van der Waals surface area contributed by atoms with E-state index in [-0.39, 0.29) is 11.7 Å². The minimum Gasteiger partial charge on any atom is -0.355 e. The highest BCUT2D eigenvalue weighted by Gasteiger charge is 2.17. The maximum absolute atomic E-state index is 11.5. The van der Waals surface area contributed by atoms with Gasteiger partial charge in [0.2, 0.25) is 5.91 Å². The van der Waals surface area contributed by atoms with Crippen molar-refractivity contribution >= 4 is 15.7 Å². The summed E-state index contributed by atoms with van der Waals surface area (Å²) in [6.45, 7) is 4.96. The minimum atomic E-state index is -3.25. The highest BCUT2D eigenvalue weighted by molar-refractivity contribution is 7.92. The van der Waals surface area contributed by atoms with Gasteiger partial charge in [-0.25, -0.2) is 8.42 Å². The quantitative estimate of drug-likeness (QED) is 0.584. The topological polar surface area (TPSA) is 75.3 Å². The molecule has 0 spiro atoms. The van der Waals surface area contributed by atoms with Gasteiger partial charge in [-0.2, -0.15) is 0 Å². The van der Waals surface area contributed by atoms with Crippen LogP contribution in [0.4, 0.5) is 0 Å². The molecule has 5 nitrogen and oxygen atoms in total. The van der Waals surface area contributed by atoms with E-state index < -0.39 is 21.5 Å². The second kappa shape index (κ2) is 7.62. The van der Waals surface area contributed by atoms with Gasteiger partial charge in [0, 0.05) is 6.54 Å². The van der Waals surface area contributed by atoms with Crippen molar-refractivity contribution < 1.29 is 13.2 Å². The summed E-state index contributed by atoms with van der Waals surface area (Å²) >= 11 is 0. The van der Waals surface area contributed by atoms with Gasteiger partial charge in [0.25, 0.3) is 0 Å². The van der Waals surface area contributed by atoms with Crippen LogP contribution < -0.4 is 10.6 Å². The maximum atomic E-state index is 11.5. The van der Waals surface area contributed by atoms with Gasteiger partial charge in [0.05, 0.1) is 5.75 Å². The van der Waals surface area contributed by atoms with Crippen molar-refractivity contribution in [2.45, 2.75) is 20.3 Å². The Kier molecular flexibility index (Phi) is 7.33. The molecule has 0 bridgehead atoms. The normalized spacial score (nSPS) is 11.8. The summed E-state index contributed by atoms with van der Waals surface area (Å²) in [5, 5.41) is 5.53. The van der Waals surface area contributed by atoms with Crippen molar-refractivity contribution in [1.29, 1.82) is 0 Å². The van der Waals surface area contributed by atoms with Gasteiger partial charge in [-0.1, -0.05) is 13.8 Å². The molecule has 0 radical (unpaired) electrons. The van der Waals surface area contributed by atoms with Crippen LogP contribution in [0.25, 0.3) is 0 Å². The molecule has 0 atom stereocenters. The molecule has 1 amide bonds. The predicted octanol–water partition coefficient (Wildman–Crippen LogP) is -0.217. The lowest BCUT2D eigenvalue weighted by Crippen LogP contribution is -2.33. The number of rotatable bonds is 8. The second-order valence-electron chi connectivity index (χ2n) is 4.26. The van der Waals surface area contributed by atoms with Crippen molar-refractivity contribution in [3.05, 3.63) is 0 Å². The van der Waals surface area contributed by atoms with Gasteiger partial charge in [-0.05, 0) is 25.9 Å². The third-order valence-corrected chi connectivity index (χ3v) is 3.74. The lowest BCUT2D eigenvalue weighted by Gasteiger charge is -2.07. The van der Waals surface area contributed by atoms with Crippen LogP contribution in [0, 0.1) is 5.92 Å². The van der Waals surface area contributed by atoms with Crippen molar-refractivity contribution in [2.75, 3.05) is 31.6 Å². The van der Waals surface area contributed by atoms with Crippen LogP contribution in [0.15, 0.2) is 0 Å².